The van der Waals surface area contributed by atoms with Crippen molar-refractivity contribution in [2.75, 3.05) is 4.90 Å². The number of hydrogen-bond acceptors (Lipinski definition) is 2. The summed E-state index contributed by atoms with van der Waals surface area (Å²) in [5.41, 5.74) is 12.1. The number of benzene rings is 9. The third-order valence-corrected chi connectivity index (χ3v) is 10.3. The normalized spacial score (nSPS) is 11.5. The maximum absolute atomic E-state index is 6.51. The highest BCUT2D eigenvalue weighted by atomic mass is 16.3. The number of anilines is 3. The molecule has 1 heterocycles. The van der Waals surface area contributed by atoms with Crippen molar-refractivity contribution in [2.24, 2.45) is 0 Å². The Kier molecular flexibility index (Phi) is 7.18. The summed E-state index contributed by atoms with van der Waals surface area (Å²) >= 11 is 0. The number of fused-ring (bicyclic) bond motifs is 6. The Morgan fingerprint density at radius 1 is 0.327 bits per heavy atom. The highest BCUT2D eigenvalue weighted by molar-refractivity contribution is 6.15. The van der Waals surface area contributed by atoms with E-state index in [1.54, 1.807) is 0 Å². The Labute approximate surface area is 302 Å². The van der Waals surface area contributed by atoms with Gasteiger partial charge >= 0.3 is 0 Å². The van der Waals surface area contributed by atoms with Gasteiger partial charge in [-0.15, -0.1) is 0 Å². The molecule has 0 unspecified atom stereocenters. The molecule has 10 rings (SSSR count). The van der Waals surface area contributed by atoms with Crippen LogP contribution in [-0.4, -0.2) is 0 Å². The first-order chi connectivity index (χ1) is 25.8. The van der Waals surface area contributed by atoms with Crippen molar-refractivity contribution in [1.82, 2.24) is 0 Å². The molecule has 0 aliphatic carbocycles. The van der Waals surface area contributed by atoms with E-state index in [2.05, 4.69) is 205 Å². The van der Waals surface area contributed by atoms with Gasteiger partial charge in [-0.1, -0.05) is 158 Å². The Hall–Kier alpha value is -6.90. The van der Waals surface area contributed by atoms with E-state index < -0.39 is 0 Å². The van der Waals surface area contributed by atoms with Gasteiger partial charge in [-0.25, -0.2) is 0 Å². The van der Waals surface area contributed by atoms with Crippen LogP contribution in [0.4, 0.5) is 17.1 Å². The molecule has 10 aromatic rings. The van der Waals surface area contributed by atoms with Crippen molar-refractivity contribution in [3.63, 3.8) is 0 Å². The molecule has 0 bridgehead atoms. The minimum Gasteiger partial charge on any atom is -0.455 e. The lowest BCUT2D eigenvalue weighted by molar-refractivity contribution is 0.672. The van der Waals surface area contributed by atoms with Crippen LogP contribution in [0.15, 0.2) is 205 Å². The summed E-state index contributed by atoms with van der Waals surface area (Å²) in [6.45, 7) is 0. The van der Waals surface area contributed by atoms with Crippen molar-refractivity contribution < 1.29 is 4.42 Å². The Balaban J connectivity index is 1.20. The molecule has 0 fully saturated rings. The summed E-state index contributed by atoms with van der Waals surface area (Å²) in [5.74, 6) is 0. The standard InChI is InChI=1S/C50H33NO/c1-2-14-35(15-3-1)42-22-8-10-26-47(42)51(39-20-12-19-37(32-39)41-25-13-18-34-16-4-6-21-40(34)41)48-27-11-9-23-43(48)38-29-31-49-46(33-38)45-30-28-36-17-5-7-24-44(36)50(45)52-49/h1-33H. The average molecular weight is 664 g/mol. The lowest BCUT2D eigenvalue weighted by Gasteiger charge is -2.30. The van der Waals surface area contributed by atoms with Crippen molar-refractivity contribution in [2.45, 2.75) is 0 Å². The molecule has 1 aromatic heterocycles. The average Bonchev–Trinajstić information content (AvgIpc) is 3.60. The van der Waals surface area contributed by atoms with Crippen LogP contribution in [0.1, 0.15) is 0 Å². The highest BCUT2D eigenvalue weighted by Gasteiger charge is 2.22. The molecule has 0 spiro atoms. The van der Waals surface area contributed by atoms with E-state index >= 15 is 0 Å². The Morgan fingerprint density at radius 2 is 0.904 bits per heavy atom. The van der Waals surface area contributed by atoms with Crippen LogP contribution < -0.4 is 4.90 Å². The Bertz CT molecular complexity index is 2910. The summed E-state index contributed by atoms with van der Waals surface area (Å²) in [5, 5.41) is 7.03. The highest BCUT2D eigenvalue weighted by Crippen LogP contribution is 2.46. The van der Waals surface area contributed by atoms with Gasteiger partial charge in [-0.3, -0.25) is 0 Å². The first kappa shape index (κ1) is 30.0. The second-order valence-corrected chi connectivity index (χ2v) is 13.3. The van der Waals surface area contributed by atoms with Gasteiger partial charge in [0.05, 0.1) is 11.4 Å². The lowest BCUT2D eigenvalue weighted by atomic mass is 9.96. The lowest BCUT2D eigenvalue weighted by Crippen LogP contribution is -2.12. The van der Waals surface area contributed by atoms with Crippen molar-refractivity contribution in [3.8, 4) is 33.4 Å². The monoisotopic (exact) mass is 663 g/mol. The molecule has 0 atom stereocenters. The fraction of sp³-hybridized carbons (Fsp3) is 0. The molecule has 2 nitrogen and oxygen atoms in total. The third-order valence-electron chi connectivity index (χ3n) is 10.3. The predicted octanol–water partition coefficient (Wildman–Crippen LogP) is 14.4. The van der Waals surface area contributed by atoms with Crippen LogP contribution >= 0.6 is 0 Å². The first-order valence-corrected chi connectivity index (χ1v) is 17.8. The van der Waals surface area contributed by atoms with Crippen LogP contribution in [-0.2, 0) is 0 Å². The molecule has 244 valence electrons. The summed E-state index contributed by atoms with van der Waals surface area (Å²) in [6.07, 6.45) is 0. The molecule has 0 aliphatic rings. The number of nitrogens with zero attached hydrogens (tertiary/aromatic N) is 1. The van der Waals surface area contributed by atoms with Gasteiger partial charge in [0.25, 0.3) is 0 Å². The fourth-order valence-electron chi connectivity index (χ4n) is 7.81. The molecule has 52 heavy (non-hydrogen) atoms. The molecule has 0 N–H and O–H groups in total. The first-order valence-electron chi connectivity index (χ1n) is 17.8. The number of rotatable bonds is 6. The third kappa shape index (κ3) is 5.04. The van der Waals surface area contributed by atoms with Crippen molar-refractivity contribution >= 4 is 60.5 Å². The second kappa shape index (κ2) is 12.5. The Morgan fingerprint density at radius 3 is 1.71 bits per heavy atom. The predicted molar refractivity (Wildman–Crippen MR) is 220 cm³/mol. The molecule has 9 aromatic carbocycles. The van der Waals surface area contributed by atoms with E-state index in [0.717, 1.165) is 61.1 Å². The maximum atomic E-state index is 6.51. The summed E-state index contributed by atoms with van der Waals surface area (Å²) in [7, 11) is 0. The van der Waals surface area contributed by atoms with Gasteiger partial charge in [0.2, 0.25) is 0 Å². The number of hydrogen-bond donors (Lipinski definition) is 0. The van der Waals surface area contributed by atoms with E-state index in [9.17, 15) is 0 Å². The topological polar surface area (TPSA) is 16.4 Å². The molecule has 0 saturated heterocycles. The van der Waals surface area contributed by atoms with Gasteiger partial charge < -0.3 is 9.32 Å². The van der Waals surface area contributed by atoms with Gasteiger partial charge in [0, 0.05) is 33.0 Å². The molecule has 0 amide bonds. The molecule has 0 radical (unpaired) electrons. The minimum absolute atomic E-state index is 0.890. The summed E-state index contributed by atoms with van der Waals surface area (Å²) < 4.78 is 6.51. The zero-order valence-corrected chi connectivity index (χ0v) is 28.4. The maximum Gasteiger partial charge on any atom is 0.143 e. The van der Waals surface area contributed by atoms with Gasteiger partial charge in [0.1, 0.15) is 11.2 Å². The largest absolute Gasteiger partial charge is 0.455 e. The molecule has 2 heteroatoms. The molecule has 0 saturated carbocycles. The summed E-state index contributed by atoms with van der Waals surface area (Å²) in [4.78, 5) is 2.43. The van der Waals surface area contributed by atoms with E-state index in [-0.39, 0.29) is 0 Å². The van der Waals surface area contributed by atoms with Crippen LogP contribution in [0.5, 0.6) is 0 Å². The van der Waals surface area contributed by atoms with E-state index in [4.69, 9.17) is 4.42 Å². The SMILES string of the molecule is c1ccc(-c2ccccc2N(c2cccc(-c3cccc4ccccc34)c2)c2ccccc2-c2ccc3oc4c5ccccc5ccc4c3c2)cc1. The molecule has 0 aliphatic heterocycles. The minimum atomic E-state index is 0.890. The fourth-order valence-corrected chi connectivity index (χ4v) is 7.81. The zero-order chi connectivity index (χ0) is 34.4. The van der Waals surface area contributed by atoms with Crippen LogP contribution in [0, 0.1) is 0 Å². The number of para-hydroxylation sites is 2. The van der Waals surface area contributed by atoms with Crippen molar-refractivity contribution in [3.05, 3.63) is 200 Å². The van der Waals surface area contributed by atoms with Gasteiger partial charge in [-0.05, 0) is 80.9 Å². The number of furan rings is 1. The quantitative estimate of drug-likeness (QED) is 0.176. The van der Waals surface area contributed by atoms with Crippen LogP contribution in [0.25, 0.3) is 76.9 Å². The zero-order valence-electron chi connectivity index (χ0n) is 28.4. The van der Waals surface area contributed by atoms with Gasteiger partial charge in [-0.2, -0.15) is 0 Å². The molecular formula is C50H33NO. The smallest absolute Gasteiger partial charge is 0.143 e. The van der Waals surface area contributed by atoms with Crippen LogP contribution in [0.2, 0.25) is 0 Å². The van der Waals surface area contributed by atoms with E-state index in [0.29, 0.717) is 0 Å². The molecular weight excluding hydrogens is 631 g/mol. The van der Waals surface area contributed by atoms with E-state index in [1.165, 1.54) is 32.8 Å². The van der Waals surface area contributed by atoms with Crippen LogP contribution in [0.3, 0.4) is 0 Å². The van der Waals surface area contributed by atoms with Gasteiger partial charge in [0.15, 0.2) is 0 Å². The second-order valence-electron chi connectivity index (χ2n) is 13.3. The van der Waals surface area contributed by atoms with E-state index in [1.807, 2.05) is 0 Å². The summed E-state index contributed by atoms with van der Waals surface area (Å²) in [6, 6.07) is 71.8. The van der Waals surface area contributed by atoms with Crippen molar-refractivity contribution in [1.29, 1.82) is 0 Å².